The van der Waals surface area contributed by atoms with Crippen LogP contribution in [-0.2, 0) is 17.6 Å². The molecule has 0 aliphatic heterocycles. The molecule has 4 heteroatoms. The zero-order valence-corrected chi connectivity index (χ0v) is 15.7. The lowest BCUT2D eigenvalue weighted by atomic mass is 9.91. The maximum Gasteiger partial charge on any atom is 0.261 e. The quantitative estimate of drug-likeness (QED) is 0.846. The van der Waals surface area contributed by atoms with Gasteiger partial charge < -0.3 is 14.8 Å². The number of rotatable bonds is 6. The molecule has 0 spiro atoms. The minimum absolute atomic E-state index is 0.128. The Hall–Kier alpha value is -2.49. The monoisotopic (exact) mass is 353 g/mol. The molecule has 0 saturated heterocycles. The summed E-state index contributed by atoms with van der Waals surface area (Å²) in [6, 6.07) is 13.7. The standard InChI is InChI=1S/C22H27NO3/c1-15(18-11-6-7-13-20(18)25-3)23-22(24)16(2)26-21-14-8-10-17-9-4-5-12-19(17)21/h6-8,10-11,13-16H,4-5,9,12H2,1-3H3,(H,23,24)/t15-,16-/m0/s1. The summed E-state index contributed by atoms with van der Waals surface area (Å²) < 4.78 is 11.4. The van der Waals surface area contributed by atoms with Gasteiger partial charge in [-0.3, -0.25) is 4.79 Å². The van der Waals surface area contributed by atoms with Gasteiger partial charge in [0.1, 0.15) is 11.5 Å². The highest BCUT2D eigenvalue weighted by molar-refractivity contribution is 5.81. The average molecular weight is 353 g/mol. The van der Waals surface area contributed by atoms with E-state index >= 15 is 0 Å². The van der Waals surface area contributed by atoms with E-state index in [0.717, 1.165) is 29.9 Å². The number of hydrogen-bond donors (Lipinski definition) is 1. The van der Waals surface area contributed by atoms with Crippen molar-refractivity contribution in [1.82, 2.24) is 5.32 Å². The summed E-state index contributed by atoms with van der Waals surface area (Å²) in [5.41, 5.74) is 3.56. The highest BCUT2D eigenvalue weighted by Crippen LogP contribution is 2.30. The molecule has 2 aromatic rings. The minimum Gasteiger partial charge on any atom is -0.496 e. The summed E-state index contributed by atoms with van der Waals surface area (Å²) >= 11 is 0. The molecule has 1 aliphatic carbocycles. The van der Waals surface area contributed by atoms with Crippen LogP contribution in [0, 0.1) is 0 Å². The highest BCUT2D eigenvalue weighted by atomic mass is 16.5. The maximum absolute atomic E-state index is 12.6. The first-order valence-corrected chi connectivity index (χ1v) is 9.31. The van der Waals surface area contributed by atoms with Gasteiger partial charge in [0.05, 0.1) is 13.2 Å². The third kappa shape index (κ3) is 4.01. The molecule has 0 fully saturated rings. The van der Waals surface area contributed by atoms with Gasteiger partial charge in [-0.25, -0.2) is 0 Å². The van der Waals surface area contributed by atoms with E-state index in [9.17, 15) is 4.79 Å². The van der Waals surface area contributed by atoms with Crippen molar-refractivity contribution in [3.05, 3.63) is 59.2 Å². The second-order valence-electron chi connectivity index (χ2n) is 6.83. The second-order valence-corrected chi connectivity index (χ2v) is 6.83. The van der Waals surface area contributed by atoms with E-state index in [1.165, 1.54) is 24.0 Å². The van der Waals surface area contributed by atoms with Crippen molar-refractivity contribution in [1.29, 1.82) is 0 Å². The summed E-state index contributed by atoms with van der Waals surface area (Å²) in [6.45, 7) is 3.75. The molecule has 26 heavy (non-hydrogen) atoms. The Balaban J connectivity index is 1.67. The number of para-hydroxylation sites is 1. The first kappa shape index (κ1) is 18.3. The van der Waals surface area contributed by atoms with E-state index in [4.69, 9.17) is 9.47 Å². The molecule has 0 radical (unpaired) electrons. The molecule has 2 aromatic carbocycles. The fourth-order valence-corrected chi connectivity index (χ4v) is 3.53. The molecule has 0 saturated carbocycles. The van der Waals surface area contributed by atoms with Gasteiger partial charge in [-0.1, -0.05) is 30.3 Å². The lowest BCUT2D eigenvalue weighted by molar-refractivity contribution is -0.127. The molecule has 1 aliphatic rings. The predicted molar refractivity (Wildman–Crippen MR) is 103 cm³/mol. The molecular weight excluding hydrogens is 326 g/mol. The van der Waals surface area contributed by atoms with Crippen LogP contribution in [0.4, 0.5) is 0 Å². The first-order chi connectivity index (χ1) is 12.6. The summed E-state index contributed by atoms with van der Waals surface area (Å²) in [7, 11) is 1.64. The fraction of sp³-hybridized carbons (Fsp3) is 0.409. The molecule has 1 N–H and O–H groups in total. The van der Waals surface area contributed by atoms with Crippen LogP contribution in [0.2, 0.25) is 0 Å². The minimum atomic E-state index is -0.555. The summed E-state index contributed by atoms with van der Waals surface area (Å²) in [6.07, 6.45) is 3.97. The van der Waals surface area contributed by atoms with E-state index in [1.54, 1.807) is 14.0 Å². The Morgan fingerprint density at radius 2 is 1.73 bits per heavy atom. The second kappa shape index (κ2) is 8.26. The molecule has 0 heterocycles. The van der Waals surface area contributed by atoms with E-state index in [-0.39, 0.29) is 11.9 Å². The number of carbonyl (C=O) groups excluding carboxylic acids is 1. The number of nitrogens with one attached hydrogen (secondary N) is 1. The number of hydrogen-bond acceptors (Lipinski definition) is 3. The smallest absolute Gasteiger partial charge is 0.261 e. The van der Waals surface area contributed by atoms with Crippen molar-refractivity contribution in [3.8, 4) is 11.5 Å². The average Bonchev–Trinajstić information content (AvgIpc) is 2.68. The van der Waals surface area contributed by atoms with Gasteiger partial charge in [-0.15, -0.1) is 0 Å². The molecule has 0 unspecified atom stereocenters. The van der Waals surface area contributed by atoms with E-state index in [1.807, 2.05) is 43.3 Å². The molecule has 1 amide bonds. The number of aryl methyl sites for hydroxylation is 1. The van der Waals surface area contributed by atoms with Crippen molar-refractivity contribution >= 4 is 5.91 Å². The van der Waals surface area contributed by atoms with Crippen molar-refractivity contribution in [2.24, 2.45) is 0 Å². The highest BCUT2D eigenvalue weighted by Gasteiger charge is 2.21. The van der Waals surface area contributed by atoms with Crippen molar-refractivity contribution in [3.63, 3.8) is 0 Å². The largest absolute Gasteiger partial charge is 0.496 e. The third-order valence-corrected chi connectivity index (χ3v) is 4.99. The Morgan fingerprint density at radius 1 is 1.00 bits per heavy atom. The Morgan fingerprint density at radius 3 is 2.54 bits per heavy atom. The van der Waals surface area contributed by atoms with Gasteiger partial charge in [0.25, 0.3) is 5.91 Å². The number of ether oxygens (including phenoxy) is 2. The fourth-order valence-electron chi connectivity index (χ4n) is 3.53. The van der Waals surface area contributed by atoms with Crippen LogP contribution in [-0.4, -0.2) is 19.1 Å². The summed E-state index contributed by atoms with van der Waals surface area (Å²) in [4.78, 5) is 12.6. The van der Waals surface area contributed by atoms with Crippen LogP contribution in [0.1, 0.15) is 49.4 Å². The van der Waals surface area contributed by atoms with Crippen LogP contribution in [0.5, 0.6) is 11.5 Å². The maximum atomic E-state index is 12.6. The molecular formula is C22H27NO3. The van der Waals surface area contributed by atoms with Crippen LogP contribution in [0.15, 0.2) is 42.5 Å². The van der Waals surface area contributed by atoms with Crippen LogP contribution in [0.3, 0.4) is 0 Å². The molecule has 0 aromatic heterocycles. The Kier molecular flexibility index (Phi) is 5.82. The van der Waals surface area contributed by atoms with Gasteiger partial charge in [0, 0.05) is 5.56 Å². The number of amides is 1. The van der Waals surface area contributed by atoms with E-state index in [2.05, 4.69) is 11.4 Å². The molecule has 3 rings (SSSR count). The third-order valence-electron chi connectivity index (χ3n) is 4.99. The lowest BCUT2D eigenvalue weighted by Gasteiger charge is -2.23. The Labute approximate surface area is 155 Å². The zero-order valence-electron chi connectivity index (χ0n) is 15.7. The summed E-state index contributed by atoms with van der Waals surface area (Å²) in [5, 5.41) is 3.03. The molecule has 0 bridgehead atoms. The van der Waals surface area contributed by atoms with Crippen molar-refractivity contribution in [2.75, 3.05) is 7.11 Å². The SMILES string of the molecule is COc1ccccc1[C@H](C)NC(=O)[C@H](C)Oc1cccc2c1CCCC2. The number of carbonyl (C=O) groups is 1. The molecule has 4 nitrogen and oxygen atoms in total. The van der Waals surface area contributed by atoms with Gasteiger partial charge in [0.15, 0.2) is 6.10 Å². The topological polar surface area (TPSA) is 47.6 Å². The van der Waals surface area contributed by atoms with Crippen LogP contribution < -0.4 is 14.8 Å². The summed E-state index contributed by atoms with van der Waals surface area (Å²) in [5.74, 6) is 1.48. The first-order valence-electron chi connectivity index (χ1n) is 9.31. The van der Waals surface area contributed by atoms with Crippen molar-refractivity contribution < 1.29 is 14.3 Å². The normalized spacial score (nSPS) is 15.5. The molecule has 138 valence electrons. The van der Waals surface area contributed by atoms with Crippen LogP contribution >= 0.6 is 0 Å². The van der Waals surface area contributed by atoms with Gasteiger partial charge in [0.2, 0.25) is 0 Å². The Bertz CT molecular complexity index is 772. The van der Waals surface area contributed by atoms with E-state index < -0.39 is 6.10 Å². The van der Waals surface area contributed by atoms with Gasteiger partial charge in [-0.05, 0) is 62.8 Å². The van der Waals surface area contributed by atoms with Crippen LogP contribution in [0.25, 0.3) is 0 Å². The number of benzene rings is 2. The van der Waals surface area contributed by atoms with E-state index in [0.29, 0.717) is 0 Å². The van der Waals surface area contributed by atoms with Crippen molar-refractivity contribution in [2.45, 2.75) is 51.7 Å². The predicted octanol–water partition coefficient (Wildman–Crippen LogP) is 4.22. The zero-order chi connectivity index (χ0) is 18.5. The molecule has 2 atom stereocenters. The number of fused-ring (bicyclic) bond motifs is 1. The van der Waals surface area contributed by atoms with Gasteiger partial charge >= 0.3 is 0 Å². The lowest BCUT2D eigenvalue weighted by Crippen LogP contribution is -2.38. The van der Waals surface area contributed by atoms with Gasteiger partial charge in [-0.2, -0.15) is 0 Å². The number of methoxy groups -OCH3 is 1.